The Morgan fingerprint density at radius 2 is 1.76 bits per heavy atom. The third-order valence-electron chi connectivity index (χ3n) is 4.64. The fourth-order valence-corrected chi connectivity index (χ4v) is 4.00. The molecule has 144 valence electrons. The summed E-state index contributed by atoms with van der Waals surface area (Å²) in [6.45, 7) is 0. The molecule has 5 rings (SSSR count). The van der Waals surface area contributed by atoms with Crippen molar-refractivity contribution < 1.29 is 0 Å². The van der Waals surface area contributed by atoms with Gasteiger partial charge in [0.15, 0.2) is 0 Å². The minimum Gasteiger partial charge on any atom is -0.318 e. The molecule has 0 radical (unpaired) electrons. The van der Waals surface area contributed by atoms with Gasteiger partial charge in [-0.2, -0.15) is 9.78 Å². The molecule has 0 amide bonds. The molecular formula is C18H10Cl3N7O. The van der Waals surface area contributed by atoms with Crippen molar-refractivity contribution in [1.29, 1.82) is 0 Å². The zero-order valence-electron chi connectivity index (χ0n) is 14.4. The number of aromatic amines is 1. The number of hydrogen-bond acceptors (Lipinski definition) is 6. The lowest BCUT2D eigenvalue weighted by Gasteiger charge is -2.28. The third-order valence-corrected chi connectivity index (χ3v) is 5.44. The normalized spacial score (nSPS) is 14.8. The number of anilines is 2. The SMILES string of the molecule is O=c1[nH]nc(-c2ccc(Cl)cc2Cl)c2c1Nc1nnnn1C2c1ccc(Cl)cc1. The lowest BCUT2D eigenvalue weighted by molar-refractivity contribution is 0.567. The average molecular weight is 447 g/mol. The number of aromatic nitrogens is 6. The van der Waals surface area contributed by atoms with Gasteiger partial charge in [0.1, 0.15) is 17.4 Å². The maximum absolute atomic E-state index is 12.6. The molecule has 29 heavy (non-hydrogen) atoms. The molecular weight excluding hydrogens is 437 g/mol. The van der Waals surface area contributed by atoms with E-state index in [9.17, 15) is 4.79 Å². The number of H-pyrrole nitrogens is 1. The first-order chi connectivity index (χ1) is 14.0. The Balaban J connectivity index is 1.83. The van der Waals surface area contributed by atoms with Gasteiger partial charge in [-0.25, -0.2) is 5.10 Å². The highest BCUT2D eigenvalue weighted by molar-refractivity contribution is 6.36. The number of hydrogen-bond donors (Lipinski definition) is 2. The summed E-state index contributed by atoms with van der Waals surface area (Å²) in [5.41, 5.74) is 2.39. The molecule has 8 nitrogen and oxygen atoms in total. The van der Waals surface area contributed by atoms with Crippen LogP contribution < -0.4 is 10.9 Å². The Labute approximate surface area is 178 Å². The fourth-order valence-electron chi connectivity index (χ4n) is 3.38. The van der Waals surface area contributed by atoms with Crippen LogP contribution >= 0.6 is 34.8 Å². The number of nitrogens with one attached hydrogen (secondary N) is 2. The maximum atomic E-state index is 12.6. The molecule has 1 atom stereocenters. The van der Waals surface area contributed by atoms with Crippen LogP contribution in [0, 0.1) is 0 Å². The zero-order valence-corrected chi connectivity index (χ0v) is 16.7. The molecule has 1 aliphatic rings. The first kappa shape index (κ1) is 18.1. The van der Waals surface area contributed by atoms with Crippen LogP contribution in [-0.2, 0) is 0 Å². The lowest BCUT2D eigenvalue weighted by Crippen LogP contribution is -2.29. The van der Waals surface area contributed by atoms with Crippen molar-refractivity contribution in [2.45, 2.75) is 6.04 Å². The first-order valence-corrected chi connectivity index (χ1v) is 9.54. The van der Waals surface area contributed by atoms with Gasteiger partial charge in [0.2, 0.25) is 5.95 Å². The molecule has 0 fully saturated rings. The van der Waals surface area contributed by atoms with Gasteiger partial charge in [-0.05, 0) is 46.3 Å². The van der Waals surface area contributed by atoms with E-state index in [2.05, 4.69) is 31.0 Å². The van der Waals surface area contributed by atoms with Gasteiger partial charge in [0.25, 0.3) is 5.56 Å². The van der Waals surface area contributed by atoms with E-state index in [0.717, 1.165) is 5.56 Å². The van der Waals surface area contributed by atoms with Gasteiger partial charge >= 0.3 is 0 Å². The van der Waals surface area contributed by atoms with Crippen LogP contribution in [0.3, 0.4) is 0 Å². The van der Waals surface area contributed by atoms with Crippen molar-refractivity contribution in [3.8, 4) is 11.3 Å². The molecule has 1 unspecified atom stereocenters. The molecule has 0 saturated carbocycles. The number of rotatable bonds is 2. The van der Waals surface area contributed by atoms with E-state index in [4.69, 9.17) is 34.8 Å². The summed E-state index contributed by atoms with van der Waals surface area (Å²) in [6, 6.07) is 11.8. The summed E-state index contributed by atoms with van der Waals surface area (Å²) in [4.78, 5) is 12.6. The van der Waals surface area contributed by atoms with Crippen LogP contribution in [0.2, 0.25) is 15.1 Å². The lowest BCUT2D eigenvalue weighted by atomic mass is 9.92. The molecule has 1 aliphatic heterocycles. The quantitative estimate of drug-likeness (QED) is 0.424. The molecule has 0 spiro atoms. The van der Waals surface area contributed by atoms with E-state index >= 15 is 0 Å². The van der Waals surface area contributed by atoms with Gasteiger partial charge in [0.05, 0.1) is 5.02 Å². The Hall–Kier alpha value is -2.94. The zero-order chi connectivity index (χ0) is 20.1. The predicted molar refractivity (Wildman–Crippen MR) is 110 cm³/mol. The topological polar surface area (TPSA) is 101 Å². The summed E-state index contributed by atoms with van der Waals surface area (Å²) in [5.74, 6) is 0.335. The minimum absolute atomic E-state index is 0.295. The van der Waals surface area contributed by atoms with Gasteiger partial charge in [-0.1, -0.05) is 52.0 Å². The van der Waals surface area contributed by atoms with Gasteiger partial charge in [-0.3, -0.25) is 4.79 Å². The molecule has 11 heteroatoms. The van der Waals surface area contributed by atoms with E-state index < -0.39 is 11.6 Å². The van der Waals surface area contributed by atoms with Crippen LogP contribution in [0.5, 0.6) is 0 Å². The molecule has 3 heterocycles. The largest absolute Gasteiger partial charge is 0.318 e. The minimum atomic E-state index is -0.523. The van der Waals surface area contributed by atoms with Crippen LogP contribution in [0.4, 0.5) is 11.6 Å². The second-order valence-corrected chi connectivity index (χ2v) is 7.62. The second kappa shape index (κ2) is 6.84. The first-order valence-electron chi connectivity index (χ1n) is 8.41. The van der Waals surface area contributed by atoms with Crippen molar-refractivity contribution in [3.63, 3.8) is 0 Å². The van der Waals surface area contributed by atoms with E-state index in [1.165, 1.54) is 0 Å². The van der Waals surface area contributed by atoms with E-state index in [0.29, 0.717) is 43.5 Å². The summed E-state index contributed by atoms with van der Waals surface area (Å²) in [7, 11) is 0. The average Bonchev–Trinajstić information content (AvgIpc) is 3.17. The highest BCUT2D eigenvalue weighted by atomic mass is 35.5. The van der Waals surface area contributed by atoms with E-state index in [1.807, 2.05) is 12.1 Å². The number of fused-ring (bicyclic) bond motifs is 2. The van der Waals surface area contributed by atoms with E-state index in [-0.39, 0.29) is 0 Å². The van der Waals surface area contributed by atoms with Gasteiger partial charge in [-0.15, -0.1) is 0 Å². The molecule has 2 aromatic heterocycles. The molecule has 2 N–H and O–H groups in total. The Bertz CT molecular complexity index is 1300. The summed E-state index contributed by atoms with van der Waals surface area (Å²) in [5, 5.41) is 23.1. The second-order valence-electron chi connectivity index (χ2n) is 6.34. The highest BCUT2D eigenvalue weighted by Crippen LogP contribution is 2.42. The molecule has 4 aromatic rings. The predicted octanol–water partition coefficient (Wildman–Crippen LogP) is 4.08. The Morgan fingerprint density at radius 1 is 1.00 bits per heavy atom. The van der Waals surface area contributed by atoms with Gasteiger partial charge < -0.3 is 5.32 Å². The number of benzene rings is 2. The Kier molecular flexibility index (Phi) is 4.27. The van der Waals surface area contributed by atoms with Crippen LogP contribution in [0.1, 0.15) is 17.2 Å². The maximum Gasteiger partial charge on any atom is 0.288 e. The number of tetrazole rings is 1. The molecule has 0 aliphatic carbocycles. The van der Waals surface area contributed by atoms with Crippen LogP contribution in [0.15, 0.2) is 47.3 Å². The van der Waals surface area contributed by atoms with Crippen LogP contribution in [0.25, 0.3) is 11.3 Å². The van der Waals surface area contributed by atoms with Gasteiger partial charge in [0, 0.05) is 21.2 Å². The molecule has 2 aromatic carbocycles. The fraction of sp³-hybridized carbons (Fsp3) is 0.0556. The van der Waals surface area contributed by atoms with Crippen molar-refractivity contribution in [1.82, 2.24) is 30.4 Å². The number of nitrogens with zero attached hydrogens (tertiary/aromatic N) is 5. The van der Waals surface area contributed by atoms with Crippen molar-refractivity contribution in [2.24, 2.45) is 0 Å². The van der Waals surface area contributed by atoms with E-state index in [1.54, 1.807) is 35.0 Å². The third kappa shape index (κ3) is 2.96. The summed E-state index contributed by atoms with van der Waals surface area (Å²) >= 11 is 18.5. The van der Waals surface area contributed by atoms with Crippen LogP contribution in [-0.4, -0.2) is 30.4 Å². The summed E-state index contributed by atoms with van der Waals surface area (Å²) < 4.78 is 1.58. The van der Waals surface area contributed by atoms with Crippen molar-refractivity contribution >= 4 is 46.4 Å². The highest BCUT2D eigenvalue weighted by Gasteiger charge is 2.34. The Morgan fingerprint density at radius 3 is 2.52 bits per heavy atom. The number of halogens is 3. The monoisotopic (exact) mass is 445 g/mol. The smallest absolute Gasteiger partial charge is 0.288 e. The van der Waals surface area contributed by atoms with Crippen molar-refractivity contribution in [3.05, 3.63) is 79.0 Å². The molecule has 0 bridgehead atoms. The standard InChI is InChI=1S/C18H10Cl3N7O/c19-9-3-1-8(2-4-9)16-13-14(11-6-5-10(20)7-12(11)21)23-24-17(29)15(13)22-18-25-26-27-28(16)18/h1-7,16H,(H,24,29)(H,22,25,27). The summed E-state index contributed by atoms with van der Waals surface area (Å²) in [6.07, 6.45) is 0. The van der Waals surface area contributed by atoms with Crippen molar-refractivity contribution in [2.75, 3.05) is 5.32 Å². The molecule has 0 saturated heterocycles.